The molecule has 170 valence electrons. The molecule has 2 fully saturated rings. The largest absolute Gasteiger partial charge is 0.494 e. The van der Waals surface area contributed by atoms with E-state index in [0.717, 1.165) is 65.7 Å². The van der Waals surface area contributed by atoms with E-state index in [-0.39, 0.29) is 0 Å². The van der Waals surface area contributed by atoms with E-state index in [9.17, 15) is 8.42 Å². The molecular formula is C25H31N3O3S. The Morgan fingerprint density at radius 3 is 2.34 bits per heavy atom. The molecule has 2 aromatic carbocycles. The first-order valence-electron chi connectivity index (χ1n) is 11.7. The Morgan fingerprint density at radius 1 is 1.00 bits per heavy atom. The molecule has 32 heavy (non-hydrogen) atoms. The molecule has 2 heterocycles. The molecule has 0 amide bonds. The quantitative estimate of drug-likeness (QED) is 0.557. The summed E-state index contributed by atoms with van der Waals surface area (Å²) in [7, 11) is -3.45. The number of fused-ring (bicyclic) bond motifs is 1. The van der Waals surface area contributed by atoms with Gasteiger partial charge >= 0.3 is 0 Å². The predicted molar refractivity (Wildman–Crippen MR) is 128 cm³/mol. The van der Waals surface area contributed by atoms with Crippen LogP contribution in [0.4, 0.5) is 5.69 Å². The average molecular weight is 454 g/mol. The van der Waals surface area contributed by atoms with Crippen LogP contribution in [0.2, 0.25) is 0 Å². The number of hydrogen-bond donors (Lipinski definition) is 1. The topological polar surface area (TPSA) is 77.6 Å². The highest BCUT2D eigenvalue weighted by Gasteiger charge is 2.29. The fourth-order valence-electron chi connectivity index (χ4n) is 4.93. The average Bonchev–Trinajstić information content (AvgIpc) is 3.05. The van der Waals surface area contributed by atoms with Crippen molar-refractivity contribution in [1.82, 2.24) is 8.87 Å². The Labute approximate surface area is 190 Å². The van der Waals surface area contributed by atoms with Crippen molar-refractivity contribution in [1.29, 1.82) is 0 Å². The van der Waals surface area contributed by atoms with Gasteiger partial charge in [0.2, 0.25) is 10.0 Å². The molecule has 1 aliphatic carbocycles. The van der Waals surface area contributed by atoms with E-state index in [1.807, 2.05) is 31.2 Å². The summed E-state index contributed by atoms with van der Waals surface area (Å²) in [5.41, 5.74) is 10.4. The molecule has 1 saturated carbocycles. The number of rotatable bonds is 6. The molecule has 0 radical (unpaired) electrons. The number of anilines is 1. The van der Waals surface area contributed by atoms with Crippen molar-refractivity contribution in [2.24, 2.45) is 0 Å². The second kappa shape index (κ2) is 8.45. The van der Waals surface area contributed by atoms with Crippen LogP contribution < -0.4 is 10.5 Å². The summed E-state index contributed by atoms with van der Waals surface area (Å²) >= 11 is 0. The summed E-state index contributed by atoms with van der Waals surface area (Å²) in [5.74, 6) is 0.840. The van der Waals surface area contributed by atoms with E-state index in [1.54, 1.807) is 16.4 Å². The Morgan fingerprint density at radius 2 is 1.72 bits per heavy atom. The molecular weight excluding hydrogens is 422 g/mol. The third-order valence-corrected chi connectivity index (χ3v) is 8.76. The number of nitrogens with two attached hydrogens (primary N) is 1. The van der Waals surface area contributed by atoms with E-state index in [1.165, 1.54) is 6.42 Å². The Kier molecular flexibility index (Phi) is 5.63. The molecule has 0 atom stereocenters. The number of benzene rings is 2. The van der Waals surface area contributed by atoms with Crippen molar-refractivity contribution in [3.63, 3.8) is 0 Å². The Hall–Kier alpha value is -2.51. The number of nitrogens with zero attached hydrogens (tertiary/aromatic N) is 2. The van der Waals surface area contributed by atoms with E-state index >= 15 is 0 Å². The van der Waals surface area contributed by atoms with E-state index in [4.69, 9.17) is 10.5 Å². The van der Waals surface area contributed by atoms with Gasteiger partial charge in [0, 0.05) is 36.1 Å². The van der Waals surface area contributed by atoms with Gasteiger partial charge in [0.15, 0.2) is 0 Å². The number of ether oxygens (including phenoxy) is 1. The summed E-state index contributed by atoms with van der Waals surface area (Å²) in [6.07, 6.45) is 6.41. The molecule has 1 aliphatic heterocycles. The van der Waals surface area contributed by atoms with Crippen molar-refractivity contribution < 1.29 is 13.2 Å². The smallest absolute Gasteiger partial charge is 0.243 e. The fourth-order valence-corrected chi connectivity index (χ4v) is 6.45. The second-order valence-electron chi connectivity index (χ2n) is 8.82. The van der Waals surface area contributed by atoms with Crippen LogP contribution in [0.5, 0.6) is 5.75 Å². The number of sulfonamides is 1. The van der Waals surface area contributed by atoms with Gasteiger partial charge in [0.1, 0.15) is 5.75 Å². The van der Waals surface area contributed by atoms with Gasteiger partial charge < -0.3 is 15.0 Å². The normalized spacial score (nSPS) is 18.0. The molecule has 2 N–H and O–H groups in total. The monoisotopic (exact) mass is 453 g/mol. The third-order valence-electron chi connectivity index (χ3n) is 6.85. The Bertz CT molecular complexity index is 1220. The van der Waals surface area contributed by atoms with Gasteiger partial charge in [-0.2, -0.15) is 4.31 Å². The maximum atomic E-state index is 13.1. The fraction of sp³-hybridized carbons (Fsp3) is 0.440. The molecule has 0 unspecified atom stereocenters. The van der Waals surface area contributed by atoms with Crippen molar-refractivity contribution in [3.8, 4) is 17.0 Å². The van der Waals surface area contributed by atoms with Gasteiger partial charge in [-0.05, 0) is 63.3 Å². The second-order valence-corrected chi connectivity index (χ2v) is 10.8. The lowest BCUT2D eigenvalue weighted by molar-refractivity contribution is 0.323. The van der Waals surface area contributed by atoms with Crippen LogP contribution in [0.15, 0.2) is 47.4 Å². The van der Waals surface area contributed by atoms with Gasteiger partial charge in [-0.1, -0.05) is 18.6 Å². The van der Waals surface area contributed by atoms with Crippen LogP contribution in [0.25, 0.3) is 22.2 Å². The van der Waals surface area contributed by atoms with Crippen LogP contribution in [-0.4, -0.2) is 37.0 Å². The summed E-state index contributed by atoms with van der Waals surface area (Å²) in [4.78, 5) is 0.353. The van der Waals surface area contributed by atoms with E-state index in [0.29, 0.717) is 30.6 Å². The lowest BCUT2D eigenvalue weighted by atomic mass is 9.92. The van der Waals surface area contributed by atoms with Crippen LogP contribution in [0, 0.1) is 0 Å². The van der Waals surface area contributed by atoms with Gasteiger partial charge in [-0.3, -0.25) is 0 Å². The minimum atomic E-state index is -3.45. The highest BCUT2D eigenvalue weighted by molar-refractivity contribution is 7.89. The van der Waals surface area contributed by atoms with Crippen molar-refractivity contribution in [2.45, 2.75) is 56.4 Å². The number of nitrogen functional groups attached to an aromatic ring is 1. The first-order valence-corrected chi connectivity index (χ1v) is 13.1. The van der Waals surface area contributed by atoms with Gasteiger partial charge in [0.25, 0.3) is 0 Å². The first-order chi connectivity index (χ1) is 15.5. The van der Waals surface area contributed by atoms with Crippen LogP contribution in [0.1, 0.15) is 51.5 Å². The molecule has 5 rings (SSSR count). The summed E-state index contributed by atoms with van der Waals surface area (Å²) in [6.45, 7) is 3.81. The summed E-state index contributed by atoms with van der Waals surface area (Å²) in [6, 6.07) is 13.7. The molecule has 0 bridgehead atoms. The maximum Gasteiger partial charge on any atom is 0.243 e. The van der Waals surface area contributed by atoms with E-state index in [2.05, 4.69) is 10.6 Å². The number of hydrogen-bond acceptors (Lipinski definition) is 4. The minimum Gasteiger partial charge on any atom is -0.494 e. The standard InChI is InChI=1S/C25H31N3O3S/c1-2-31-20-11-14-22-23(17-20)28(19-7-6-8-19)25(24(22)26)18-9-12-21(13-10-18)32(29,30)27-15-4-3-5-16-27/h9-14,17,19H,2-8,15-16,26H2,1H3. The van der Waals surface area contributed by atoms with E-state index < -0.39 is 10.0 Å². The van der Waals surface area contributed by atoms with Crippen molar-refractivity contribution in [2.75, 3.05) is 25.4 Å². The number of aromatic nitrogens is 1. The number of piperidine rings is 1. The molecule has 7 heteroatoms. The predicted octanol–water partition coefficient (Wildman–Crippen LogP) is 5.19. The molecule has 1 saturated heterocycles. The molecule has 6 nitrogen and oxygen atoms in total. The van der Waals surface area contributed by atoms with Gasteiger partial charge in [-0.25, -0.2) is 8.42 Å². The third kappa shape index (κ3) is 3.57. The maximum absolute atomic E-state index is 13.1. The molecule has 3 aromatic rings. The summed E-state index contributed by atoms with van der Waals surface area (Å²) in [5, 5.41) is 1.01. The van der Waals surface area contributed by atoms with Crippen LogP contribution in [-0.2, 0) is 10.0 Å². The van der Waals surface area contributed by atoms with Gasteiger partial charge in [0.05, 0.1) is 28.4 Å². The van der Waals surface area contributed by atoms with Crippen molar-refractivity contribution >= 4 is 26.6 Å². The van der Waals surface area contributed by atoms with Crippen molar-refractivity contribution in [3.05, 3.63) is 42.5 Å². The highest BCUT2D eigenvalue weighted by atomic mass is 32.2. The molecule has 0 spiro atoms. The highest BCUT2D eigenvalue weighted by Crippen LogP contribution is 2.45. The van der Waals surface area contributed by atoms with Gasteiger partial charge in [-0.15, -0.1) is 0 Å². The molecule has 2 aliphatic rings. The lowest BCUT2D eigenvalue weighted by Crippen LogP contribution is -2.35. The minimum absolute atomic E-state index is 0.353. The zero-order valence-electron chi connectivity index (χ0n) is 18.6. The van der Waals surface area contributed by atoms with Crippen LogP contribution in [0.3, 0.4) is 0 Å². The zero-order chi connectivity index (χ0) is 22.3. The molecule has 1 aromatic heterocycles. The Balaban J connectivity index is 1.57. The lowest BCUT2D eigenvalue weighted by Gasteiger charge is -2.30. The zero-order valence-corrected chi connectivity index (χ0v) is 19.4. The first kappa shape index (κ1) is 21.3. The SMILES string of the molecule is CCOc1ccc2c(N)c(-c3ccc(S(=O)(=O)N4CCCCC4)cc3)n(C3CCC3)c2c1. The van der Waals surface area contributed by atoms with Crippen LogP contribution >= 0.6 is 0 Å². The summed E-state index contributed by atoms with van der Waals surface area (Å²) < 4.78 is 35.8.